The second-order valence-corrected chi connectivity index (χ2v) is 14.5. The number of fused-ring (bicyclic) bond motifs is 1. The number of carbonyl (C=O) groups excluding carboxylic acids is 2. The summed E-state index contributed by atoms with van der Waals surface area (Å²) in [6.45, 7) is 6.51. The summed E-state index contributed by atoms with van der Waals surface area (Å²) in [5.74, 6) is -0.204. The number of para-hydroxylation sites is 1. The Morgan fingerprint density at radius 3 is 2.19 bits per heavy atom. The Morgan fingerprint density at radius 1 is 0.917 bits per heavy atom. The number of hydrogen-bond donors (Lipinski definition) is 2. The lowest BCUT2D eigenvalue weighted by Gasteiger charge is -2.45. The van der Waals surface area contributed by atoms with E-state index in [-0.39, 0.29) is 42.0 Å². The first-order valence-corrected chi connectivity index (χ1v) is 16.8. The van der Waals surface area contributed by atoms with E-state index in [1.807, 2.05) is 55.4 Å². The Balaban J connectivity index is 1.34. The number of benzene rings is 3. The van der Waals surface area contributed by atoms with Crippen LogP contribution in [0.25, 0.3) is 10.9 Å². The minimum Gasteiger partial charge on any atom is -0.378 e. The highest BCUT2D eigenvalue weighted by Gasteiger charge is 2.60. The standard InChI is InChI=1S/C39H45F3N4O2/c1-25-34(30-11-7-8-12-32(30)43-25)35-31(37(35,2)3)23-33(47)46(24-26-13-15-27(16-14-26)39(40,41)42)38(21-9-6-10-22-38)36(48)44-28-17-19-29(20-18-28)45(4)5/h7-8,11-20,31,35,43H,6,9-10,21-24H2,1-5H3,(H,44,48)/t31-,35+/m0/s1. The number of H-pyrrole nitrogens is 1. The fourth-order valence-electron chi connectivity index (χ4n) is 8.00. The Kier molecular flexibility index (Phi) is 8.85. The van der Waals surface area contributed by atoms with Crippen molar-refractivity contribution in [3.05, 3.63) is 95.2 Å². The number of halogens is 3. The molecule has 254 valence electrons. The van der Waals surface area contributed by atoms with Gasteiger partial charge >= 0.3 is 6.18 Å². The molecule has 2 aliphatic rings. The van der Waals surface area contributed by atoms with Gasteiger partial charge in [-0.15, -0.1) is 0 Å². The Morgan fingerprint density at radius 2 is 1.56 bits per heavy atom. The molecule has 0 saturated heterocycles. The van der Waals surface area contributed by atoms with Gasteiger partial charge in [-0.25, -0.2) is 0 Å². The fourth-order valence-corrected chi connectivity index (χ4v) is 8.00. The SMILES string of the molecule is Cc1[nH]c2ccccc2c1[C@H]1[C@H](CC(=O)N(Cc2ccc(C(F)(F)F)cc2)C2(C(=O)Nc3ccc(N(C)C)cc3)CCCCC2)C1(C)C. The van der Waals surface area contributed by atoms with Gasteiger partial charge < -0.3 is 20.1 Å². The van der Waals surface area contributed by atoms with Crippen LogP contribution in [0.3, 0.4) is 0 Å². The Labute approximate surface area is 280 Å². The molecule has 0 radical (unpaired) electrons. The maximum absolute atomic E-state index is 14.7. The van der Waals surface area contributed by atoms with E-state index in [0.29, 0.717) is 24.1 Å². The van der Waals surface area contributed by atoms with Crippen LogP contribution < -0.4 is 10.2 Å². The van der Waals surface area contributed by atoms with E-state index < -0.39 is 17.3 Å². The number of anilines is 2. The van der Waals surface area contributed by atoms with Gasteiger partial charge in [0.15, 0.2) is 0 Å². The van der Waals surface area contributed by atoms with Gasteiger partial charge in [-0.05, 0) is 90.6 Å². The van der Waals surface area contributed by atoms with Crippen LogP contribution in [0.5, 0.6) is 0 Å². The summed E-state index contributed by atoms with van der Waals surface area (Å²) in [6, 6.07) is 20.7. The third-order valence-electron chi connectivity index (χ3n) is 10.9. The normalized spacial score (nSPS) is 19.9. The van der Waals surface area contributed by atoms with Gasteiger partial charge in [-0.3, -0.25) is 9.59 Å². The molecule has 2 aliphatic carbocycles. The lowest BCUT2D eigenvalue weighted by Crippen LogP contribution is -2.59. The predicted octanol–water partition coefficient (Wildman–Crippen LogP) is 9.06. The van der Waals surface area contributed by atoms with Gasteiger partial charge in [-0.2, -0.15) is 13.2 Å². The van der Waals surface area contributed by atoms with Crippen molar-refractivity contribution in [1.29, 1.82) is 0 Å². The number of rotatable bonds is 9. The van der Waals surface area contributed by atoms with Crippen LogP contribution in [0.15, 0.2) is 72.8 Å². The zero-order valence-corrected chi connectivity index (χ0v) is 28.4. The topological polar surface area (TPSA) is 68.4 Å². The van der Waals surface area contributed by atoms with E-state index in [1.54, 1.807) is 4.90 Å². The minimum atomic E-state index is -4.46. The second-order valence-electron chi connectivity index (χ2n) is 14.5. The first-order valence-electron chi connectivity index (χ1n) is 16.8. The molecule has 2 saturated carbocycles. The Hall–Kier alpha value is -4.27. The zero-order valence-electron chi connectivity index (χ0n) is 28.4. The molecule has 3 aromatic carbocycles. The van der Waals surface area contributed by atoms with Crippen LogP contribution in [0.4, 0.5) is 24.5 Å². The van der Waals surface area contributed by atoms with Crippen LogP contribution >= 0.6 is 0 Å². The molecule has 48 heavy (non-hydrogen) atoms. The average molecular weight is 659 g/mol. The summed E-state index contributed by atoms with van der Waals surface area (Å²) in [7, 11) is 3.89. The van der Waals surface area contributed by atoms with Crippen LogP contribution in [0.2, 0.25) is 0 Å². The van der Waals surface area contributed by atoms with E-state index in [2.05, 4.69) is 43.2 Å². The van der Waals surface area contributed by atoms with Gasteiger partial charge in [-0.1, -0.05) is 63.4 Å². The molecular weight excluding hydrogens is 613 g/mol. The lowest BCUT2D eigenvalue weighted by molar-refractivity contribution is -0.149. The van der Waals surface area contributed by atoms with E-state index in [0.717, 1.165) is 53.7 Å². The lowest BCUT2D eigenvalue weighted by atomic mass is 9.78. The first kappa shape index (κ1) is 33.6. The molecule has 2 amide bonds. The molecule has 6 nitrogen and oxygen atoms in total. The number of amides is 2. The van der Waals surface area contributed by atoms with Gasteiger partial charge in [0.1, 0.15) is 5.54 Å². The number of nitrogens with one attached hydrogen (secondary N) is 2. The molecule has 6 rings (SSSR count). The highest BCUT2D eigenvalue weighted by molar-refractivity contribution is 6.01. The zero-order chi connectivity index (χ0) is 34.4. The largest absolute Gasteiger partial charge is 0.416 e. The fraction of sp³-hybridized carbons (Fsp3) is 0.436. The smallest absolute Gasteiger partial charge is 0.378 e. The number of alkyl halides is 3. The summed E-state index contributed by atoms with van der Waals surface area (Å²) in [5.41, 5.74) is 3.55. The van der Waals surface area contributed by atoms with Crippen LogP contribution in [-0.2, 0) is 22.3 Å². The molecule has 9 heteroatoms. The number of nitrogens with zero attached hydrogens (tertiary/aromatic N) is 2. The number of aryl methyl sites for hydroxylation is 1. The van der Waals surface area contributed by atoms with E-state index in [9.17, 15) is 22.8 Å². The average Bonchev–Trinajstić information content (AvgIpc) is 3.40. The van der Waals surface area contributed by atoms with Crippen molar-refractivity contribution in [3.8, 4) is 0 Å². The maximum atomic E-state index is 14.7. The number of aromatic nitrogens is 1. The summed E-state index contributed by atoms with van der Waals surface area (Å²) < 4.78 is 40.3. The van der Waals surface area contributed by atoms with Crippen molar-refractivity contribution < 1.29 is 22.8 Å². The van der Waals surface area contributed by atoms with Gasteiger partial charge in [0.25, 0.3) is 0 Å². The van der Waals surface area contributed by atoms with E-state index >= 15 is 0 Å². The summed E-state index contributed by atoms with van der Waals surface area (Å²) in [4.78, 5) is 36.3. The Bertz CT molecular complexity index is 1780. The molecule has 1 aromatic heterocycles. The molecule has 0 unspecified atom stereocenters. The van der Waals surface area contributed by atoms with Gasteiger partial charge in [0, 0.05) is 55.0 Å². The predicted molar refractivity (Wildman–Crippen MR) is 185 cm³/mol. The van der Waals surface area contributed by atoms with Crippen molar-refractivity contribution >= 4 is 34.1 Å². The van der Waals surface area contributed by atoms with Gasteiger partial charge in [0.2, 0.25) is 11.8 Å². The molecule has 0 bridgehead atoms. The summed E-state index contributed by atoms with van der Waals surface area (Å²) in [6.07, 6.45) is -0.754. The minimum absolute atomic E-state index is 0.0419. The van der Waals surface area contributed by atoms with Crippen molar-refractivity contribution in [2.75, 3.05) is 24.3 Å². The van der Waals surface area contributed by atoms with Crippen molar-refractivity contribution in [2.45, 2.75) is 83.5 Å². The number of hydrogen-bond acceptors (Lipinski definition) is 3. The van der Waals surface area contributed by atoms with Crippen molar-refractivity contribution in [2.24, 2.45) is 11.3 Å². The molecule has 4 aromatic rings. The number of aromatic amines is 1. The van der Waals surface area contributed by atoms with Crippen LogP contribution in [0, 0.1) is 18.3 Å². The summed E-state index contributed by atoms with van der Waals surface area (Å²) in [5, 5.41) is 4.27. The molecule has 2 fully saturated rings. The maximum Gasteiger partial charge on any atom is 0.416 e. The molecule has 1 heterocycles. The molecule has 2 atom stereocenters. The summed E-state index contributed by atoms with van der Waals surface area (Å²) >= 11 is 0. The molecular formula is C39H45F3N4O2. The first-order chi connectivity index (χ1) is 22.7. The molecule has 0 spiro atoms. The molecule has 2 N–H and O–H groups in total. The van der Waals surface area contributed by atoms with Crippen molar-refractivity contribution in [1.82, 2.24) is 9.88 Å². The van der Waals surface area contributed by atoms with E-state index in [4.69, 9.17) is 0 Å². The monoisotopic (exact) mass is 658 g/mol. The third-order valence-corrected chi connectivity index (χ3v) is 10.9. The number of carbonyl (C=O) groups is 2. The highest BCUT2D eigenvalue weighted by atomic mass is 19.4. The van der Waals surface area contributed by atoms with Crippen molar-refractivity contribution in [3.63, 3.8) is 0 Å². The molecule has 0 aliphatic heterocycles. The van der Waals surface area contributed by atoms with Gasteiger partial charge in [0.05, 0.1) is 5.56 Å². The quantitative estimate of drug-likeness (QED) is 0.189. The third kappa shape index (κ3) is 6.31. The van der Waals surface area contributed by atoms with Crippen LogP contribution in [-0.4, -0.2) is 41.3 Å². The van der Waals surface area contributed by atoms with E-state index in [1.165, 1.54) is 17.7 Å². The second kappa shape index (κ2) is 12.6. The highest BCUT2D eigenvalue weighted by Crippen LogP contribution is 2.67. The van der Waals surface area contributed by atoms with Crippen LogP contribution in [0.1, 0.15) is 80.7 Å².